The number of hydrogen-bond donors (Lipinski definition) is 1. The van der Waals surface area contributed by atoms with Gasteiger partial charge in [-0.05, 0) is 42.9 Å². The fourth-order valence-corrected chi connectivity index (χ4v) is 4.07. The van der Waals surface area contributed by atoms with Crippen LogP contribution in [0.4, 0.5) is 5.69 Å². The number of aryl methyl sites for hydroxylation is 1. The van der Waals surface area contributed by atoms with Crippen molar-refractivity contribution in [1.29, 1.82) is 0 Å². The third kappa shape index (κ3) is 2.56. The highest BCUT2D eigenvalue weighted by Gasteiger charge is 2.36. The van der Waals surface area contributed by atoms with Crippen LogP contribution in [-0.2, 0) is 0 Å². The van der Waals surface area contributed by atoms with Crippen LogP contribution < -0.4 is 5.32 Å². The number of anilines is 1. The van der Waals surface area contributed by atoms with Crippen molar-refractivity contribution >= 4 is 22.6 Å². The number of hydrogen-bond acceptors (Lipinski definition) is 3. The van der Waals surface area contributed by atoms with Crippen molar-refractivity contribution in [2.75, 3.05) is 17.6 Å². The van der Waals surface area contributed by atoms with Crippen molar-refractivity contribution in [2.24, 2.45) is 10.4 Å². The first-order valence-corrected chi connectivity index (χ1v) is 7.75. The zero-order valence-electron chi connectivity index (χ0n) is 10.9. The second-order valence-corrected chi connectivity index (χ2v) is 6.58. The molecule has 1 aromatic rings. The van der Waals surface area contributed by atoms with E-state index < -0.39 is 0 Å². The molecule has 1 aliphatic carbocycles. The van der Waals surface area contributed by atoms with Gasteiger partial charge in [0.1, 0.15) is 0 Å². The molecule has 1 spiro atoms. The fraction of sp³-hybridized carbons (Fsp3) is 0.533. The maximum absolute atomic E-state index is 4.76. The van der Waals surface area contributed by atoms with E-state index in [-0.39, 0.29) is 0 Å². The molecule has 1 N–H and O–H groups in total. The molecule has 0 amide bonds. The van der Waals surface area contributed by atoms with Crippen molar-refractivity contribution in [3.05, 3.63) is 29.8 Å². The summed E-state index contributed by atoms with van der Waals surface area (Å²) in [5.74, 6) is 1.24. The average Bonchev–Trinajstić information content (AvgIpc) is 2.81. The van der Waals surface area contributed by atoms with Gasteiger partial charge in [-0.3, -0.25) is 4.99 Å². The molecule has 18 heavy (non-hydrogen) atoms. The van der Waals surface area contributed by atoms with Crippen LogP contribution in [0.1, 0.15) is 31.2 Å². The van der Waals surface area contributed by atoms with Crippen molar-refractivity contribution in [1.82, 2.24) is 0 Å². The van der Waals surface area contributed by atoms with Crippen LogP contribution in [-0.4, -0.2) is 17.5 Å². The number of rotatable bonds is 1. The molecule has 1 fully saturated rings. The summed E-state index contributed by atoms with van der Waals surface area (Å²) in [6, 6.07) is 8.48. The minimum atomic E-state index is 0.530. The van der Waals surface area contributed by atoms with E-state index in [1.807, 2.05) is 11.8 Å². The lowest BCUT2D eigenvalue weighted by Crippen LogP contribution is -2.30. The molecule has 2 aliphatic rings. The van der Waals surface area contributed by atoms with Gasteiger partial charge in [-0.1, -0.05) is 36.7 Å². The highest BCUT2D eigenvalue weighted by Crippen LogP contribution is 2.43. The molecule has 0 radical (unpaired) electrons. The van der Waals surface area contributed by atoms with Crippen molar-refractivity contribution in [2.45, 2.75) is 32.6 Å². The first kappa shape index (κ1) is 12.1. The highest BCUT2D eigenvalue weighted by atomic mass is 32.2. The molecule has 0 atom stereocenters. The van der Waals surface area contributed by atoms with Gasteiger partial charge in [0.15, 0.2) is 5.17 Å². The summed E-state index contributed by atoms with van der Waals surface area (Å²) in [5, 5.41) is 4.54. The third-order valence-electron chi connectivity index (χ3n) is 4.01. The minimum absolute atomic E-state index is 0.530. The summed E-state index contributed by atoms with van der Waals surface area (Å²) < 4.78 is 0. The van der Waals surface area contributed by atoms with Crippen molar-refractivity contribution in [3.8, 4) is 0 Å². The summed E-state index contributed by atoms with van der Waals surface area (Å²) in [6.45, 7) is 3.14. The molecule has 0 aromatic heterocycles. The van der Waals surface area contributed by atoms with Crippen LogP contribution in [0.25, 0.3) is 0 Å². The molecule has 0 bridgehead atoms. The summed E-state index contributed by atoms with van der Waals surface area (Å²) in [5.41, 5.74) is 2.97. The van der Waals surface area contributed by atoms with Gasteiger partial charge < -0.3 is 5.32 Å². The Balaban J connectivity index is 1.66. The van der Waals surface area contributed by atoms with Gasteiger partial charge in [0.25, 0.3) is 0 Å². The van der Waals surface area contributed by atoms with Gasteiger partial charge in [0, 0.05) is 18.0 Å². The van der Waals surface area contributed by atoms with Crippen molar-refractivity contribution < 1.29 is 0 Å². The smallest absolute Gasteiger partial charge is 0.161 e. The molecule has 0 unspecified atom stereocenters. The summed E-state index contributed by atoms with van der Waals surface area (Å²) in [4.78, 5) is 4.76. The fourth-order valence-electron chi connectivity index (χ4n) is 2.90. The monoisotopic (exact) mass is 260 g/mol. The molecule has 1 aliphatic heterocycles. The Kier molecular flexibility index (Phi) is 3.33. The Morgan fingerprint density at radius 1 is 1.28 bits per heavy atom. The third-order valence-corrected chi connectivity index (χ3v) is 5.27. The van der Waals surface area contributed by atoms with E-state index in [0.29, 0.717) is 5.41 Å². The number of amidine groups is 1. The lowest BCUT2D eigenvalue weighted by molar-refractivity contribution is 0.359. The van der Waals surface area contributed by atoms with E-state index in [0.717, 1.165) is 17.4 Å². The molecular weight excluding hydrogens is 240 g/mol. The summed E-state index contributed by atoms with van der Waals surface area (Å²) in [6.07, 6.45) is 5.55. The lowest BCUT2D eigenvalue weighted by Gasteiger charge is -2.31. The highest BCUT2D eigenvalue weighted by molar-refractivity contribution is 8.14. The number of aliphatic imine (C=N–C) groups is 1. The molecular formula is C15H20N2S. The van der Waals surface area contributed by atoms with E-state index in [1.165, 1.54) is 37.0 Å². The number of nitrogens with zero attached hydrogens (tertiary/aromatic N) is 1. The Morgan fingerprint density at radius 2 is 2.11 bits per heavy atom. The summed E-state index contributed by atoms with van der Waals surface area (Å²) in [7, 11) is 0. The first-order valence-electron chi connectivity index (χ1n) is 6.77. The Hall–Kier alpha value is -0.960. The standard InChI is InChI=1S/C15H20N2S/c1-12-5-4-6-13(9-12)17-14-16-10-15(11-18-14)7-2-3-8-15/h4-6,9H,2-3,7-8,10-11H2,1H3,(H,16,17). The first-order chi connectivity index (χ1) is 8.76. The Bertz CT molecular complexity index is 461. The van der Waals surface area contributed by atoms with E-state index in [2.05, 4.69) is 36.5 Å². The molecule has 1 aromatic carbocycles. The van der Waals surface area contributed by atoms with Gasteiger partial charge in [0.05, 0.1) is 0 Å². The van der Waals surface area contributed by atoms with E-state index in [4.69, 9.17) is 4.99 Å². The van der Waals surface area contributed by atoms with Crippen LogP contribution in [0.2, 0.25) is 0 Å². The maximum atomic E-state index is 4.76. The molecule has 0 saturated heterocycles. The molecule has 3 heteroatoms. The summed E-state index contributed by atoms with van der Waals surface area (Å²) >= 11 is 1.90. The van der Waals surface area contributed by atoms with E-state index in [9.17, 15) is 0 Å². The average molecular weight is 260 g/mol. The number of nitrogens with one attached hydrogen (secondary N) is 1. The van der Waals surface area contributed by atoms with Crippen LogP contribution in [0, 0.1) is 12.3 Å². The van der Waals surface area contributed by atoms with Gasteiger partial charge in [0.2, 0.25) is 0 Å². The predicted molar refractivity (Wildman–Crippen MR) is 80.5 cm³/mol. The van der Waals surface area contributed by atoms with Gasteiger partial charge in [-0.2, -0.15) is 0 Å². The maximum Gasteiger partial charge on any atom is 0.161 e. The number of benzene rings is 1. The van der Waals surface area contributed by atoms with Crippen LogP contribution >= 0.6 is 11.8 Å². The quantitative estimate of drug-likeness (QED) is 0.823. The zero-order valence-corrected chi connectivity index (χ0v) is 11.7. The van der Waals surface area contributed by atoms with Crippen molar-refractivity contribution in [3.63, 3.8) is 0 Å². The second kappa shape index (κ2) is 4.96. The van der Waals surface area contributed by atoms with Gasteiger partial charge >= 0.3 is 0 Å². The molecule has 2 nitrogen and oxygen atoms in total. The number of thioether (sulfide) groups is 1. The minimum Gasteiger partial charge on any atom is -0.335 e. The topological polar surface area (TPSA) is 24.4 Å². The Labute approximate surface area is 113 Å². The van der Waals surface area contributed by atoms with Crippen LogP contribution in [0.3, 0.4) is 0 Å². The van der Waals surface area contributed by atoms with Crippen LogP contribution in [0.15, 0.2) is 29.3 Å². The molecule has 3 rings (SSSR count). The Morgan fingerprint density at radius 3 is 2.78 bits per heavy atom. The SMILES string of the molecule is Cc1cccc(NC2=NCC3(CCCC3)CS2)c1. The van der Waals surface area contributed by atoms with Gasteiger partial charge in [-0.25, -0.2) is 0 Å². The normalized spacial score (nSPS) is 21.9. The molecule has 1 saturated carbocycles. The largest absolute Gasteiger partial charge is 0.335 e. The lowest BCUT2D eigenvalue weighted by atomic mass is 9.89. The second-order valence-electron chi connectivity index (χ2n) is 5.61. The van der Waals surface area contributed by atoms with E-state index in [1.54, 1.807) is 0 Å². The predicted octanol–water partition coefficient (Wildman–Crippen LogP) is 4.07. The molecule has 1 heterocycles. The molecule has 96 valence electrons. The van der Waals surface area contributed by atoms with Gasteiger partial charge in [-0.15, -0.1) is 0 Å². The van der Waals surface area contributed by atoms with Crippen LogP contribution in [0.5, 0.6) is 0 Å². The van der Waals surface area contributed by atoms with E-state index >= 15 is 0 Å². The zero-order chi connectivity index (χ0) is 12.4.